The van der Waals surface area contributed by atoms with Gasteiger partial charge in [0.05, 0.1) is 11.0 Å². The Bertz CT molecular complexity index is 707. The number of nitro benzene ring substituents is 1. The molecule has 6 nitrogen and oxygen atoms in total. The first-order valence-electron chi connectivity index (χ1n) is 6.08. The van der Waals surface area contributed by atoms with Crippen molar-refractivity contribution in [2.24, 2.45) is 0 Å². The molecular formula is C14H13NO5S. The van der Waals surface area contributed by atoms with Crippen LogP contribution in [0.2, 0.25) is 0 Å². The number of aromatic carboxylic acids is 1. The van der Waals surface area contributed by atoms with Crippen LogP contribution in [0.1, 0.15) is 26.4 Å². The van der Waals surface area contributed by atoms with Crippen molar-refractivity contribution in [1.82, 2.24) is 0 Å². The van der Waals surface area contributed by atoms with E-state index in [1.54, 1.807) is 31.4 Å². The standard InChI is InChI=1S/C14H13NO5S/c1-8-5-9(2)12(6-11(8)15(18)19)20-7-10-3-4-21-13(10)14(16)17/h3-6H,7H2,1-2H3,(H,16,17). The zero-order valence-corrected chi connectivity index (χ0v) is 12.3. The molecule has 0 saturated heterocycles. The molecule has 110 valence electrons. The molecule has 0 aliphatic heterocycles. The highest BCUT2D eigenvalue weighted by atomic mass is 32.1. The number of hydrogen-bond acceptors (Lipinski definition) is 5. The quantitative estimate of drug-likeness (QED) is 0.674. The summed E-state index contributed by atoms with van der Waals surface area (Å²) < 4.78 is 5.56. The topological polar surface area (TPSA) is 89.7 Å². The second kappa shape index (κ2) is 5.92. The Balaban J connectivity index is 2.24. The molecule has 21 heavy (non-hydrogen) atoms. The average Bonchev–Trinajstić information content (AvgIpc) is 2.85. The summed E-state index contributed by atoms with van der Waals surface area (Å²) in [6.07, 6.45) is 0. The summed E-state index contributed by atoms with van der Waals surface area (Å²) in [5.74, 6) is -0.620. The lowest BCUT2D eigenvalue weighted by molar-refractivity contribution is -0.385. The third-order valence-corrected chi connectivity index (χ3v) is 3.96. The van der Waals surface area contributed by atoms with Crippen molar-refractivity contribution in [1.29, 1.82) is 0 Å². The first-order chi connectivity index (χ1) is 9.90. The molecule has 0 aliphatic carbocycles. The van der Waals surface area contributed by atoms with E-state index in [9.17, 15) is 14.9 Å². The van der Waals surface area contributed by atoms with Crippen LogP contribution in [-0.2, 0) is 6.61 Å². The van der Waals surface area contributed by atoms with Gasteiger partial charge in [-0.05, 0) is 36.9 Å². The minimum absolute atomic E-state index is 0.0145. The Morgan fingerprint density at radius 1 is 1.38 bits per heavy atom. The maximum atomic E-state index is 11.0. The number of nitro groups is 1. The minimum Gasteiger partial charge on any atom is -0.488 e. The highest BCUT2D eigenvalue weighted by molar-refractivity contribution is 7.12. The summed E-state index contributed by atoms with van der Waals surface area (Å²) in [6, 6.07) is 4.72. The van der Waals surface area contributed by atoms with Crippen LogP contribution >= 0.6 is 11.3 Å². The number of carbonyl (C=O) groups is 1. The SMILES string of the molecule is Cc1cc(C)c([N+](=O)[O-])cc1OCc1ccsc1C(=O)O. The average molecular weight is 307 g/mol. The summed E-state index contributed by atoms with van der Waals surface area (Å²) in [6.45, 7) is 3.51. The molecule has 0 radical (unpaired) electrons. The molecule has 0 atom stereocenters. The van der Waals surface area contributed by atoms with Gasteiger partial charge in [0.2, 0.25) is 0 Å². The Morgan fingerprint density at radius 3 is 2.71 bits per heavy atom. The van der Waals surface area contributed by atoms with Gasteiger partial charge in [0.1, 0.15) is 17.2 Å². The van der Waals surface area contributed by atoms with Crippen molar-refractivity contribution in [2.45, 2.75) is 20.5 Å². The van der Waals surface area contributed by atoms with Gasteiger partial charge in [-0.2, -0.15) is 0 Å². The van der Waals surface area contributed by atoms with Crippen LogP contribution in [0.3, 0.4) is 0 Å². The molecule has 0 amide bonds. The van der Waals surface area contributed by atoms with Crippen molar-refractivity contribution in [2.75, 3.05) is 0 Å². The number of rotatable bonds is 5. The predicted molar refractivity (Wildman–Crippen MR) is 78.2 cm³/mol. The largest absolute Gasteiger partial charge is 0.488 e. The van der Waals surface area contributed by atoms with E-state index in [2.05, 4.69) is 0 Å². The van der Waals surface area contributed by atoms with E-state index in [4.69, 9.17) is 9.84 Å². The second-order valence-corrected chi connectivity index (χ2v) is 5.45. The van der Waals surface area contributed by atoms with E-state index in [1.165, 1.54) is 6.07 Å². The highest BCUT2D eigenvalue weighted by Gasteiger charge is 2.16. The van der Waals surface area contributed by atoms with Crippen molar-refractivity contribution < 1.29 is 19.6 Å². The lowest BCUT2D eigenvalue weighted by Gasteiger charge is -2.10. The van der Waals surface area contributed by atoms with E-state index in [-0.39, 0.29) is 17.2 Å². The Hall–Kier alpha value is -2.41. The van der Waals surface area contributed by atoms with Gasteiger partial charge in [-0.1, -0.05) is 0 Å². The molecule has 0 saturated carbocycles. The summed E-state index contributed by atoms with van der Waals surface area (Å²) in [5.41, 5.74) is 1.87. The first-order valence-corrected chi connectivity index (χ1v) is 6.96. The monoisotopic (exact) mass is 307 g/mol. The first kappa shape index (κ1) is 15.0. The highest BCUT2D eigenvalue weighted by Crippen LogP contribution is 2.29. The van der Waals surface area contributed by atoms with Crippen molar-refractivity contribution >= 4 is 23.0 Å². The fraction of sp³-hybridized carbons (Fsp3) is 0.214. The molecule has 1 N–H and O–H groups in total. The van der Waals surface area contributed by atoms with Crippen molar-refractivity contribution in [3.63, 3.8) is 0 Å². The Labute approximate surface area is 124 Å². The Morgan fingerprint density at radius 2 is 2.10 bits per heavy atom. The third-order valence-electron chi connectivity index (χ3n) is 3.01. The molecule has 0 fully saturated rings. The zero-order valence-electron chi connectivity index (χ0n) is 11.5. The van der Waals surface area contributed by atoms with Gasteiger partial charge in [-0.15, -0.1) is 11.3 Å². The van der Waals surface area contributed by atoms with Crippen LogP contribution in [0, 0.1) is 24.0 Å². The second-order valence-electron chi connectivity index (χ2n) is 4.53. The molecule has 1 aromatic carbocycles. The van der Waals surface area contributed by atoms with Gasteiger partial charge < -0.3 is 9.84 Å². The fourth-order valence-electron chi connectivity index (χ4n) is 1.97. The van der Waals surface area contributed by atoms with Crippen LogP contribution in [0.25, 0.3) is 0 Å². The number of hydrogen-bond donors (Lipinski definition) is 1. The van der Waals surface area contributed by atoms with Crippen molar-refractivity contribution in [3.05, 3.63) is 55.3 Å². The predicted octanol–water partition coefficient (Wildman–Crippen LogP) is 3.55. The fourth-order valence-corrected chi connectivity index (χ4v) is 2.71. The summed E-state index contributed by atoms with van der Waals surface area (Å²) in [4.78, 5) is 21.7. The lowest BCUT2D eigenvalue weighted by atomic mass is 10.1. The van der Waals surface area contributed by atoms with Gasteiger partial charge in [0.25, 0.3) is 5.69 Å². The Kier molecular flexibility index (Phi) is 4.23. The van der Waals surface area contributed by atoms with Crippen LogP contribution in [0.15, 0.2) is 23.6 Å². The van der Waals surface area contributed by atoms with E-state index >= 15 is 0 Å². The van der Waals surface area contributed by atoms with Crippen LogP contribution in [0.5, 0.6) is 5.75 Å². The number of nitrogens with zero attached hydrogens (tertiary/aromatic N) is 1. The van der Waals surface area contributed by atoms with E-state index < -0.39 is 10.9 Å². The van der Waals surface area contributed by atoms with E-state index in [0.29, 0.717) is 16.9 Å². The van der Waals surface area contributed by atoms with Crippen LogP contribution in [0.4, 0.5) is 5.69 Å². The third kappa shape index (κ3) is 3.19. The number of carboxylic acid groups (broad SMARTS) is 1. The minimum atomic E-state index is -1.00. The molecule has 0 unspecified atom stereocenters. The molecular weight excluding hydrogens is 294 g/mol. The summed E-state index contributed by atoms with van der Waals surface area (Å²) in [7, 11) is 0. The van der Waals surface area contributed by atoms with Gasteiger partial charge in [-0.25, -0.2) is 4.79 Å². The molecule has 1 aromatic heterocycles. The zero-order chi connectivity index (χ0) is 15.6. The molecule has 0 aliphatic rings. The van der Waals surface area contributed by atoms with E-state index in [0.717, 1.165) is 16.9 Å². The molecule has 0 bridgehead atoms. The molecule has 0 spiro atoms. The van der Waals surface area contributed by atoms with Crippen LogP contribution < -0.4 is 4.74 Å². The molecule has 7 heteroatoms. The maximum absolute atomic E-state index is 11.0. The smallest absolute Gasteiger partial charge is 0.346 e. The maximum Gasteiger partial charge on any atom is 0.346 e. The van der Waals surface area contributed by atoms with Gasteiger partial charge >= 0.3 is 5.97 Å². The molecule has 2 aromatic rings. The lowest BCUT2D eigenvalue weighted by Crippen LogP contribution is -2.03. The van der Waals surface area contributed by atoms with Gasteiger partial charge in [0, 0.05) is 11.1 Å². The molecule has 1 heterocycles. The van der Waals surface area contributed by atoms with Crippen LogP contribution in [-0.4, -0.2) is 16.0 Å². The van der Waals surface area contributed by atoms with Gasteiger partial charge in [0.15, 0.2) is 0 Å². The summed E-state index contributed by atoms with van der Waals surface area (Å²) >= 11 is 1.12. The summed E-state index contributed by atoms with van der Waals surface area (Å²) in [5, 5.41) is 21.6. The molecule has 2 rings (SSSR count). The number of ether oxygens (including phenoxy) is 1. The number of aryl methyl sites for hydroxylation is 2. The van der Waals surface area contributed by atoms with Gasteiger partial charge in [-0.3, -0.25) is 10.1 Å². The number of benzene rings is 1. The normalized spacial score (nSPS) is 10.4. The van der Waals surface area contributed by atoms with Crippen molar-refractivity contribution in [3.8, 4) is 5.75 Å². The number of carboxylic acids is 1. The van der Waals surface area contributed by atoms with E-state index in [1.807, 2.05) is 0 Å². The number of thiophene rings is 1.